The lowest BCUT2D eigenvalue weighted by Gasteiger charge is -2.35. The minimum Gasteiger partial charge on any atom is -0.488 e. The summed E-state index contributed by atoms with van der Waals surface area (Å²) in [6.45, 7) is 8.71. The molecule has 3 heterocycles. The second-order valence-electron chi connectivity index (χ2n) is 9.36. The lowest BCUT2D eigenvalue weighted by Crippen LogP contribution is -2.42. The summed E-state index contributed by atoms with van der Waals surface area (Å²) in [4.78, 5) is 6.87. The minimum absolute atomic E-state index is 0.182. The fourth-order valence-corrected chi connectivity index (χ4v) is 5.13. The van der Waals surface area contributed by atoms with Crippen LogP contribution in [-0.4, -0.2) is 51.6 Å². The van der Waals surface area contributed by atoms with Crippen LogP contribution in [0.5, 0.6) is 17.2 Å². The lowest BCUT2D eigenvalue weighted by atomic mass is 9.78. The van der Waals surface area contributed by atoms with E-state index in [2.05, 4.69) is 28.3 Å². The Balaban J connectivity index is 1.21. The Morgan fingerprint density at radius 2 is 1.97 bits per heavy atom. The van der Waals surface area contributed by atoms with Crippen molar-refractivity contribution in [3.05, 3.63) is 36.4 Å². The van der Waals surface area contributed by atoms with E-state index in [-0.39, 0.29) is 12.9 Å². The molecule has 7 heteroatoms. The summed E-state index contributed by atoms with van der Waals surface area (Å²) in [6.07, 6.45) is 4.98. The molecule has 0 bridgehead atoms. The normalized spacial score (nSPS) is 28.1. The minimum atomic E-state index is -0.442. The van der Waals surface area contributed by atoms with E-state index < -0.39 is 6.10 Å². The van der Waals surface area contributed by atoms with E-state index in [1.165, 1.54) is 5.69 Å². The van der Waals surface area contributed by atoms with E-state index in [0.29, 0.717) is 23.5 Å². The highest BCUT2D eigenvalue weighted by Crippen LogP contribution is 2.40. The van der Waals surface area contributed by atoms with Crippen molar-refractivity contribution in [3.8, 4) is 17.2 Å². The van der Waals surface area contributed by atoms with Gasteiger partial charge in [-0.3, -0.25) is 4.90 Å². The average Bonchev–Trinajstić information content (AvgIpc) is 3.42. The van der Waals surface area contributed by atoms with E-state index in [9.17, 15) is 5.11 Å². The third-order valence-corrected chi connectivity index (χ3v) is 6.54. The van der Waals surface area contributed by atoms with Gasteiger partial charge in [0.25, 0.3) is 0 Å². The standard InChI is InChI=1S/C23H31N3O4/c1-15(2)9-26-13-24-8-18(26)12-25-10-16-5-20(27)22(6-17(16)11-25)30-19-3-4-21-23(7-19)29-14-28-21/h3-4,7-8,13,15-17,20,22,27H,5-6,9-12,14H2,1-2H3/t16-,17+,20+,22+/m0/s1. The molecule has 3 aliphatic rings. The molecular weight excluding hydrogens is 382 g/mol. The van der Waals surface area contributed by atoms with Crippen LogP contribution >= 0.6 is 0 Å². The van der Waals surface area contributed by atoms with E-state index in [0.717, 1.165) is 50.5 Å². The van der Waals surface area contributed by atoms with Crippen molar-refractivity contribution in [3.63, 3.8) is 0 Å². The molecule has 1 aromatic carbocycles. The zero-order valence-corrected chi connectivity index (χ0v) is 17.7. The topological polar surface area (TPSA) is 69.0 Å². The number of fused-ring (bicyclic) bond motifs is 2. The van der Waals surface area contributed by atoms with Crippen LogP contribution in [0.1, 0.15) is 32.4 Å². The molecule has 5 rings (SSSR count). The van der Waals surface area contributed by atoms with E-state index in [1.54, 1.807) is 0 Å². The Bertz CT molecular complexity index is 883. The summed E-state index contributed by atoms with van der Waals surface area (Å²) >= 11 is 0. The molecule has 2 fully saturated rings. The Kier molecular flexibility index (Phi) is 5.33. The Morgan fingerprint density at radius 1 is 1.17 bits per heavy atom. The van der Waals surface area contributed by atoms with Crippen molar-refractivity contribution >= 4 is 0 Å². The number of ether oxygens (including phenoxy) is 3. The molecule has 0 unspecified atom stereocenters. The van der Waals surface area contributed by atoms with Gasteiger partial charge in [0.2, 0.25) is 6.79 Å². The van der Waals surface area contributed by atoms with Crippen LogP contribution in [0.3, 0.4) is 0 Å². The van der Waals surface area contributed by atoms with Crippen molar-refractivity contribution in [1.82, 2.24) is 14.5 Å². The van der Waals surface area contributed by atoms with Crippen molar-refractivity contribution in [2.75, 3.05) is 19.9 Å². The molecule has 0 spiro atoms. The summed E-state index contributed by atoms with van der Waals surface area (Å²) < 4.78 is 19.3. The summed E-state index contributed by atoms with van der Waals surface area (Å²) in [5.74, 6) is 3.86. The lowest BCUT2D eigenvalue weighted by molar-refractivity contribution is -0.0232. The molecule has 2 aliphatic heterocycles. The van der Waals surface area contributed by atoms with Crippen LogP contribution in [-0.2, 0) is 13.1 Å². The summed E-state index contributed by atoms with van der Waals surface area (Å²) in [5.41, 5.74) is 1.27. The van der Waals surface area contributed by atoms with Gasteiger partial charge in [0, 0.05) is 38.4 Å². The van der Waals surface area contributed by atoms with Crippen molar-refractivity contribution < 1.29 is 19.3 Å². The monoisotopic (exact) mass is 413 g/mol. The Morgan fingerprint density at radius 3 is 2.80 bits per heavy atom. The van der Waals surface area contributed by atoms with Crippen molar-refractivity contribution in [2.24, 2.45) is 17.8 Å². The number of aromatic nitrogens is 2. The predicted molar refractivity (Wildman–Crippen MR) is 112 cm³/mol. The summed E-state index contributed by atoms with van der Waals surface area (Å²) in [6, 6.07) is 5.62. The maximum Gasteiger partial charge on any atom is 0.231 e. The molecule has 0 amide bonds. The van der Waals surface area contributed by atoms with Crippen LogP contribution in [0.4, 0.5) is 0 Å². The van der Waals surface area contributed by atoms with Crippen LogP contribution in [0.2, 0.25) is 0 Å². The number of nitrogens with zero attached hydrogens (tertiary/aromatic N) is 3. The zero-order valence-electron chi connectivity index (χ0n) is 17.7. The highest BCUT2D eigenvalue weighted by atomic mass is 16.7. The molecule has 1 aromatic heterocycles. The van der Waals surface area contributed by atoms with Crippen LogP contribution in [0.15, 0.2) is 30.7 Å². The quantitative estimate of drug-likeness (QED) is 0.785. The fourth-order valence-electron chi connectivity index (χ4n) is 5.13. The maximum absolute atomic E-state index is 10.7. The fraction of sp³-hybridized carbons (Fsp3) is 0.609. The zero-order chi connectivity index (χ0) is 20.7. The first-order chi connectivity index (χ1) is 14.5. The first-order valence-corrected chi connectivity index (χ1v) is 11.0. The largest absolute Gasteiger partial charge is 0.488 e. The van der Waals surface area contributed by atoms with Crippen molar-refractivity contribution in [2.45, 2.75) is 52.0 Å². The molecule has 162 valence electrons. The number of aliphatic hydroxyl groups is 1. The first-order valence-electron chi connectivity index (χ1n) is 11.0. The molecule has 1 N–H and O–H groups in total. The second kappa shape index (κ2) is 8.12. The van der Waals surface area contributed by atoms with Crippen LogP contribution in [0.25, 0.3) is 0 Å². The van der Waals surface area contributed by atoms with Gasteiger partial charge in [-0.2, -0.15) is 0 Å². The molecule has 1 saturated heterocycles. The second-order valence-corrected chi connectivity index (χ2v) is 9.36. The number of hydrogen-bond donors (Lipinski definition) is 1. The number of imidazole rings is 1. The number of aliphatic hydroxyl groups excluding tert-OH is 1. The maximum atomic E-state index is 10.7. The van der Waals surface area contributed by atoms with Crippen LogP contribution < -0.4 is 14.2 Å². The number of rotatable bonds is 6. The molecule has 2 aromatic rings. The highest BCUT2D eigenvalue weighted by molar-refractivity contribution is 5.47. The van der Waals surface area contributed by atoms with Gasteiger partial charge in [0.1, 0.15) is 11.9 Å². The number of benzene rings is 1. The first kappa shape index (κ1) is 19.7. The predicted octanol–water partition coefficient (Wildman–Crippen LogP) is 2.92. The number of hydrogen-bond acceptors (Lipinski definition) is 6. The molecule has 4 atom stereocenters. The molecular formula is C23H31N3O4. The molecule has 1 aliphatic carbocycles. The van der Waals surface area contributed by atoms with Gasteiger partial charge in [-0.25, -0.2) is 4.98 Å². The van der Waals surface area contributed by atoms with Gasteiger partial charge >= 0.3 is 0 Å². The SMILES string of the molecule is CC(C)Cn1cncc1CN1C[C@H]2C[C@@H](Oc3ccc4c(c3)OCO4)[C@H](O)C[C@H]2C1. The van der Waals surface area contributed by atoms with Gasteiger partial charge in [0.15, 0.2) is 11.5 Å². The van der Waals surface area contributed by atoms with Crippen LogP contribution in [0, 0.1) is 17.8 Å². The van der Waals surface area contributed by atoms with E-state index in [4.69, 9.17) is 14.2 Å². The summed E-state index contributed by atoms with van der Waals surface area (Å²) in [5, 5.41) is 10.7. The smallest absolute Gasteiger partial charge is 0.231 e. The molecule has 7 nitrogen and oxygen atoms in total. The van der Waals surface area contributed by atoms with E-state index >= 15 is 0 Å². The van der Waals surface area contributed by atoms with E-state index in [1.807, 2.05) is 30.7 Å². The third-order valence-electron chi connectivity index (χ3n) is 6.54. The van der Waals surface area contributed by atoms with Gasteiger partial charge in [-0.15, -0.1) is 0 Å². The van der Waals surface area contributed by atoms with Gasteiger partial charge in [-0.1, -0.05) is 13.8 Å². The highest BCUT2D eigenvalue weighted by Gasteiger charge is 2.42. The molecule has 0 radical (unpaired) electrons. The molecule has 30 heavy (non-hydrogen) atoms. The van der Waals surface area contributed by atoms with Crippen molar-refractivity contribution in [1.29, 1.82) is 0 Å². The Labute approximate surface area is 177 Å². The third kappa shape index (κ3) is 4.01. The molecule has 1 saturated carbocycles. The van der Waals surface area contributed by atoms with Gasteiger partial charge < -0.3 is 23.9 Å². The summed E-state index contributed by atoms with van der Waals surface area (Å²) in [7, 11) is 0. The van der Waals surface area contributed by atoms with Gasteiger partial charge in [-0.05, 0) is 42.7 Å². The average molecular weight is 414 g/mol. The Hall–Kier alpha value is -2.25. The number of likely N-dealkylation sites (tertiary alicyclic amines) is 1. The van der Waals surface area contributed by atoms with Gasteiger partial charge in [0.05, 0.1) is 18.1 Å².